The molecule has 3 aromatic carbocycles. The van der Waals surface area contributed by atoms with Crippen molar-refractivity contribution in [2.75, 3.05) is 25.1 Å². The van der Waals surface area contributed by atoms with Crippen LogP contribution >= 0.6 is 24.0 Å². The molecule has 1 fully saturated rings. The van der Waals surface area contributed by atoms with Crippen molar-refractivity contribution in [3.05, 3.63) is 94.6 Å². The monoisotopic (exact) mass is 536 g/mol. The highest BCUT2D eigenvalue weighted by Crippen LogP contribution is 2.35. The fourth-order valence-electron chi connectivity index (χ4n) is 3.61. The molecule has 0 spiro atoms. The maximum absolute atomic E-state index is 13.0. The molecule has 4 rings (SSSR count). The summed E-state index contributed by atoms with van der Waals surface area (Å²) in [6.45, 7) is 2.50. The molecule has 1 heterocycles. The van der Waals surface area contributed by atoms with Crippen molar-refractivity contribution < 1.29 is 23.5 Å². The summed E-state index contributed by atoms with van der Waals surface area (Å²) in [5.74, 6) is -0.0573. The van der Waals surface area contributed by atoms with E-state index in [1.54, 1.807) is 29.2 Å². The van der Waals surface area contributed by atoms with Gasteiger partial charge >= 0.3 is 0 Å². The van der Waals surface area contributed by atoms with E-state index < -0.39 is 5.91 Å². The lowest BCUT2D eigenvalue weighted by Crippen LogP contribution is -2.30. The minimum Gasteiger partial charge on any atom is -0.490 e. The molecule has 190 valence electrons. The summed E-state index contributed by atoms with van der Waals surface area (Å²) >= 11 is 6.72. The summed E-state index contributed by atoms with van der Waals surface area (Å²) in [4.78, 5) is 27.4. The van der Waals surface area contributed by atoms with E-state index in [9.17, 15) is 14.0 Å². The third kappa shape index (κ3) is 7.18. The standard InChI is InChI=1S/C28H25FN2O4S2/c1-2-34-24-16-20(8-13-23(24)35-18-26(32)30-22-11-9-21(29)10-12-22)17-25-27(33)31(28(36)37-25)15-14-19-6-4-3-5-7-19/h3-13,16-17H,2,14-15,18H2,1H3,(H,30,32)/b25-17-. The number of nitrogens with zero attached hydrogens (tertiary/aromatic N) is 1. The lowest BCUT2D eigenvalue weighted by molar-refractivity contribution is -0.122. The van der Waals surface area contributed by atoms with Crippen LogP contribution in [0, 0.1) is 5.82 Å². The van der Waals surface area contributed by atoms with E-state index in [1.807, 2.05) is 37.3 Å². The average Bonchev–Trinajstić information content (AvgIpc) is 3.16. The van der Waals surface area contributed by atoms with E-state index in [4.69, 9.17) is 21.7 Å². The number of hydrogen-bond acceptors (Lipinski definition) is 6. The molecule has 0 bridgehead atoms. The largest absolute Gasteiger partial charge is 0.490 e. The van der Waals surface area contributed by atoms with Gasteiger partial charge in [0.05, 0.1) is 11.5 Å². The Morgan fingerprint density at radius 3 is 2.54 bits per heavy atom. The zero-order chi connectivity index (χ0) is 26.2. The number of amides is 2. The summed E-state index contributed by atoms with van der Waals surface area (Å²) < 4.78 is 25.0. The highest BCUT2D eigenvalue weighted by molar-refractivity contribution is 8.26. The van der Waals surface area contributed by atoms with Crippen LogP contribution < -0.4 is 14.8 Å². The molecule has 9 heteroatoms. The van der Waals surface area contributed by atoms with E-state index in [0.717, 1.165) is 17.5 Å². The quantitative estimate of drug-likeness (QED) is 0.265. The molecule has 1 saturated heterocycles. The van der Waals surface area contributed by atoms with Gasteiger partial charge in [-0.05, 0) is 66.9 Å². The van der Waals surface area contributed by atoms with Gasteiger partial charge in [0.1, 0.15) is 10.1 Å². The Hall–Kier alpha value is -3.69. The van der Waals surface area contributed by atoms with Crippen LogP contribution in [0.5, 0.6) is 11.5 Å². The van der Waals surface area contributed by atoms with Crippen molar-refractivity contribution in [1.82, 2.24) is 4.90 Å². The second-order valence-corrected chi connectivity index (χ2v) is 9.73. The van der Waals surface area contributed by atoms with Gasteiger partial charge in [0, 0.05) is 12.2 Å². The number of anilines is 1. The van der Waals surface area contributed by atoms with Gasteiger partial charge in [-0.3, -0.25) is 14.5 Å². The Morgan fingerprint density at radius 1 is 1.05 bits per heavy atom. The maximum atomic E-state index is 13.0. The number of ether oxygens (including phenoxy) is 2. The molecule has 0 radical (unpaired) electrons. The third-order valence-corrected chi connectivity index (χ3v) is 6.77. The average molecular weight is 537 g/mol. The predicted molar refractivity (Wildman–Crippen MR) is 148 cm³/mol. The number of halogens is 1. The van der Waals surface area contributed by atoms with Gasteiger partial charge in [0.25, 0.3) is 11.8 Å². The van der Waals surface area contributed by atoms with Crippen LogP contribution in [0.4, 0.5) is 10.1 Å². The van der Waals surface area contributed by atoms with Crippen LogP contribution in [-0.4, -0.2) is 40.8 Å². The topological polar surface area (TPSA) is 67.9 Å². The second kappa shape index (κ2) is 12.5. The first-order chi connectivity index (χ1) is 17.9. The number of nitrogens with one attached hydrogen (secondary N) is 1. The van der Waals surface area contributed by atoms with E-state index in [1.165, 1.54) is 36.0 Å². The molecule has 0 unspecified atom stereocenters. The molecule has 1 aliphatic heterocycles. The third-order valence-electron chi connectivity index (χ3n) is 5.39. The van der Waals surface area contributed by atoms with Gasteiger partial charge in [0.2, 0.25) is 0 Å². The van der Waals surface area contributed by atoms with E-state index in [2.05, 4.69) is 5.32 Å². The van der Waals surface area contributed by atoms with Crippen molar-refractivity contribution in [3.8, 4) is 11.5 Å². The minimum atomic E-state index is -0.391. The van der Waals surface area contributed by atoms with E-state index in [-0.39, 0.29) is 18.3 Å². The molecule has 37 heavy (non-hydrogen) atoms. The van der Waals surface area contributed by atoms with Gasteiger partial charge in [-0.1, -0.05) is 60.4 Å². The first-order valence-corrected chi connectivity index (χ1v) is 12.9. The summed E-state index contributed by atoms with van der Waals surface area (Å²) in [6.07, 6.45) is 2.49. The summed E-state index contributed by atoms with van der Waals surface area (Å²) in [7, 11) is 0. The zero-order valence-corrected chi connectivity index (χ0v) is 21.7. The van der Waals surface area contributed by atoms with Crippen molar-refractivity contribution in [1.29, 1.82) is 0 Å². The van der Waals surface area contributed by atoms with Gasteiger partial charge in [0.15, 0.2) is 18.1 Å². The van der Waals surface area contributed by atoms with Crippen LogP contribution in [0.2, 0.25) is 0 Å². The number of thiocarbonyl (C=S) groups is 1. The Morgan fingerprint density at radius 2 is 1.81 bits per heavy atom. The number of carbonyl (C=O) groups is 2. The normalized spacial score (nSPS) is 14.2. The molecule has 1 aliphatic rings. The van der Waals surface area contributed by atoms with Crippen LogP contribution in [0.1, 0.15) is 18.1 Å². The number of carbonyl (C=O) groups excluding carboxylic acids is 2. The van der Waals surface area contributed by atoms with Crippen molar-refractivity contribution >= 4 is 51.9 Å². The minimum absolute atomic E-state index is 0.123. The van der Waals surface area contributed by atoms with Crippen LogP contribution in [-0.2, 0) is 16.0 Å². The van der Waals surface area contributed by atoms with E-state index in [0.29, 0.717) is 39.6 Å². The first-order valence-electron chi connectivity index (χ1n) is 11.7. The first kappa shape index (κ1) is 26.4. The summed E-state index contributed by atoms with van der Waals surface area (Å²) in [5.41, 5.74) is 2.36. The smallest absolute Gasteiger partial charge is 0.266 e. The molecule has 0 atom stereocenters. The Labute approximate surface area is 224 Å². The van der Waals surface area contributed by atoms with Crippen molar-refractivity contribution in [3.63, 3.8) is 0 Å². The van der Waals surface area contributed by atoms with Gasteiger partial charge < -0.3 is 14.8 Å². The molecule has 0 aromatic heterocycles. The predicted octanol–water partition coefficient (Wildman–Crippen LogP) is 5.69. The van der Waals surface area contributed by atoms with E-state index >= 15 is 0 Å². The molecule has 0 aliphatic carbocycles. The molecule has 3 aromatic rings. The maximum Gasteiger partial charge on any atom is 0.266 e. The number of thioether (sulfide) groups is 1. The molecule has 1 N–H and O–H groups in total. The zero-order valence-electron chi connectivity index (χ0n) is 20.1. The van der Waals surface area contributed by atoms with Crippen molar-refractivity contribution in [2.24, 2.45) is 0 Å². The number of rotatable bonds is 10. The lowest BCUT2D eigenvalue weighted by atomic mass is 10.1. The molecular weight excluding hydrogens is 511 g/mol. The van der Waals surface area contributed by atoms with Crippen LogP contribution in [0.3, 0.4) is 0 Å². The fraction of sp³-hybridized carbons (Fsp3) is 0.179. The summed E-state index contributed by atoms with van der Waals surface area (Å²) in [6, 6.07) is 20.7. The molecule has 6 nitrogen and oxygen atoms in total. The fourth-order valence-corrected chi connectivity index (χ4v) is 4.91. The Kier molecular flexibility index (Phi) is 8.92. The summed E-state index contributed by atoms with van der Waals surface area (Å²) in [5, 5.41) is 2.65. The number of benzene rings is 3. The van der Waals surface area contributed by atoms with Gasteiger partial charge in [-0.15, -0.1) is 0 Å². The van der Waals surface area contributed by atoms with Crippen LogP contribution in [0.25, 0.3) is 6.08 Å². The lowest BCUT2D eigenvalue weighted by Gasteiger charge is -2.14. The van der Waals surface area contributed by atoms with Crippen LogP contribution in [0.15, 0.2) is 77.7 Å². The van der Waals surface area contributed by atoms with Gasteiger partial charge in [-0.25, -0.2) is 4.39 Å². The Balaban J connectivity index is 1.40. The molecule has 2 amide bonds. The molecular formula is C28H25FN2O4S2. The SMILES string of the molecule is CCOc1cc(/C=C2\SC(=S)N(CCc3ccccc3)C2=O)ccc1OCC(=O)Nc1ccc(F)cc1. The Bertz CT molecular complexity index is 1310. The highest BCUT2D eigenvalue weighted by atomic mass is 32.2. The highest BCUT2D eigenvalue weighted by Gasteiger charge is 2.31. The van der Waals surface area contributed by atoms with Crippen molar-refractivity contribution in [2.45, 2.75) is 13.3 Å². The second-order valence-electron chi connectivity index (χ2n) is 8.05. The molecule has 0 saturated carbocycles. The number of hydrogen-bond donors (Lipinski definition) is 1. The van der Waals surface area contributed by atoms with Gasteiger partial charge in [-0.2, -0.15) is 0 Å².